The van der Waals surface area contributed by atoms with Gasteiger partial charge in [0.25, 0.3) is 0 Å². The Balaban J connectivity index is 3.27. The van der Waals surface area contributed by atoms with Crippen LogP contribution in [0.2, 0.25) is 19.1 Å². The molecule has 26 heavy (non-hydrogen) atoms. The summed E-state index contributed by atoms with van der Waals surface area (Å²) in [6.45, 7) is 10.4. The molecule has 0 amide bonds. The smallest absolute Gasteiger partial charge is 0.186 e. The van der Waals surface area contributed by atoms with Crippen molar-refractivity contribution in [3.63, 3.8) is 0 Å². The van der Waals surface area contributed by atoms with Gasteiger partial charge in [-0.2, -0.15) is 0 Å². The molecular formula is C24H52OSi. The van der Waals surface area contributed by atoms with Crippen molar-refractivity contribution in [1.29, 1.82) is 0 Å². The highest BCUT2D eigenvalue weighted by molar-refractivity contribution is 6.71. The van der Waals surface area contributed by atoms with Crippen LogP contribution in [0.25, 0.3) is 0 Å². The number of hydrogen-bond acceptors (Lipinski definition) is 1. The summed E-state index contributed by atoms with van der Waals surface area (Å²) >= 11 is 0. The molecule has 0 saturated carbocycles. The lowest BCUT2D eigenvalue weighted by molar-refractivity contribution is 0.292. The van der Waals surface area contributed by atoms with Crippen LogP contribution in [0.3, 0.4) is 0 Å². The van der Waals surface area contributed by atoms with E-state index in [0.29, 0.717) is 0 Å². The molecule has 0 aliphatic carbocycles. The monoisotopic (exact) mass is 384 g/mol. The summed E-state index contributed by atoms with van der Waals surface area (Å²) in [5.74, 6) is 0. The van der Waals surface area contributed by atoms with E-state index in [1.807, 2.05) is 0 Å². The molecule has 0 spiro atoms. The van der Waals surface area contributed by atoms with Crippen molar-refractivity contribution in [2.75, 3.05) is 6.61 Å². The van der Waals surface area contributed by atoms with Crippen LogP contribution >= 0.6 is 0 Å². The minimum Gasteiger partial charge on any atom is -0.417 e. The molecule has 2 heteroatoms. The highest BCUT2D eigenvalue weighted by Crippen LogP contribution is 2.18. The molecule has 158 valence electrons. The second-order valence-corrected chi connectivity index (χ2v) is 13.3. The molecule has 0 aromatic rings. The topological polar surface area (TPSA) is 9.23 Å². The van der Waals surface area contributed by atoms with Gasteiger partial charge in [0.15, 0.2) is 8.32 Å². The maximum atomic E-state index is 6.29. The Morgan fingerprint density at radius 1 is 0.462 bits per heavy atom. The van der Waals surface area contributed by atoms with Crippen molar-refractivity contribution < 1.29 is 4.43 Å². The van der Waals surface area contributed by atoms with E-state index in [1.165, 1.54) is 122 Å². The molecule has 0 aromatic heterocycles. The minimum atomic E-state index is -1.37. The molecule has 1 nitrogen and oxygen atoms in total. The van der Waals surface area contributed by atoms with Crippen molar-refractivity contribution in [1.82, 2.24) is 0 Å². The van der Waals surface area contributed by atoms with Crippen molar-refractivity contribution in [2.24, 2.45) is 0 Å². The second-order valence-electron chi connectivity index (χ2n) is 9.02. The molecular weight excluding hydrogens is 332 g/mol. The summed E-state index contributed by atoms with van der Waals surface area (Å²) in [6, 6.07) is 1.36. The number of rotatable bonds is 21. The Hall–Kier alpha value is 0.177. The summed E-state index contributed by atoms with van der Waals surface area (Å²) < 4.78 is 6.29. The van der Waals surface area contributed by atoms with Gasteiger partial charge in [-0.3, -0.25) is 0 Å². The van der Waals surface area contributed by atoms with Crippen LogP contribution in [0.15, 0.2) is 0 Å². The number of hydrogen-bond donors (Lipinski definition) is 0. The lowest BCUT2D eigenvalue weighted by Crippen LogP contribution is -2.30. The van der Waals surface area contributed by atoms with Crippen LogP contribution in [0, 0.1) is 0 Å². The van der Waals surface area contributed by atoms with Crippen molar-refractivity contribution in [3.05, 3.63) is 0 Å². The van der Waals surface area contributed by atoms with Gasteiger partial charge in [0.05, 0.1) is 0 Å². The first-order valence-electron chi connectivity index (χ1n) is 12.3. The summed E-state index contributed by atoms with van der Waals surface area (Å²) in [5.41, 5.74) is 0. The van der Waals surface area contributed by atoms with Crippen LogP contribution in [-0.4, -0.2) is 14.9 Å². The molecule has 0 aromatic carbocycles. The van der Waals surface area contributed by atoms with E-state index in [2.05, 4.69) is 26.9 Å². The molecule has 0 radical (unpaired) electrons. The van der Waals surface area contributed by atoms with Gasteiger partial charge in [-0.15, -0.1) is 0 Å². The first-order valence-corrected chi connectivity index (χ1v) is 15.4. The second kappa shape index (κ2) is 19.9. The Morgan fingerprint density at radius 3 is 1.23 bits per heavy atom. The summed E-state index contributed by atoms with van der Waals surface area (Å²) in [5, 5.41) is 0. The van der Waals surface area contributed by atoms with Gasteiger partial charge in [-0.05, 0) is 25.6 Å². The standard InChI is InChI=1S/C24H52OSi/c1-5-7-9-11-13-14-15-16-17-18-19-21-23-25-26(3,4)24-22-20-12-10-8-6-2/h5-24H2,1-4H3. The van der Waals surface area contributed by atoms with Gasteiger partial charge < -0.3 is 4.43 Å². The van der Waals surface area contributed by atoms with Crippen molar-refractivity contribution in [2.45, 2.75) is 149 Å². The van der Waals surface area contributed by atoms with Crippen molar-refractivity contribution in [3.8, 4) is 0 Å². The lowest BCUT2D eigenvalue weighted by atomic mass is 10.1. The molecule has 0 bridgehead atoms. The van der Waals surface area contributed by atoms with Gasteiger partial charge in [-0.1, -0.05) is 123 Å². The first-order chi connectivity index (χ1) is 12.6. The Kier molecular flexibility index (Phi) is 20.1. The van der Waals surface area contributed by atoms with Gasteiger partial charge in [0.2, 0.25) is 0 Å². The molecule has 0 unspecified atom stereocenters. The largest absolute Gasteiger partial charge is 0.417 e. The third kappa shape index (κ3) is 20.5. The molecule has 0 saturated heterocycles. The van der Waals surface area contributed by atoms with E-state index in [1.54, 1.807) is 0 Å². The molecule has 0 atom stereocenters. The fourth-order valence-corrected chi connectivity index (χ4v) is 5.64. The fraction of sp³-hybridized carbons (Fsp3) is 1.00. The van der Waals surface area contributed by atoms with Gasteiger partial charge >= 0.3 is 0 Å². The summed E-state index contributed by atoms with van der Waals surface area (Å²) in [7, 11) is -1.37. The molecule has 0 fully saturated rings. The average Bonchev–Trinajstić information content (AvgIpc) is 2.62. The van der Waals surface area contributed by atoms with Gasteiger partial charge in [0.1, 0.15) is 0 Å². The fourth-order valence-electron chi connectivity index (χ4n) is 3.69. The van der Waals surface area contributed by atoms with Crippen molar-refractivity contribution >= 4 is 8.32 Å². The Labute approximate surface area is 168 Å². The third-order valence-corrected chi connectivity index (χ3v) is 8.17. The van der Waals surface area contributed by atoms with Crippen LogP contribution in [0.4, 0.5) is 0 Å². The van der Waals surface area contributed by atoms with Gasteiger partial charge in [0, 0.05) is 6.61 Å². The third-order valence-electron chi connectivity index (χ3n) is 5.62. The zero-order chi connectivity index (χ0) is 19.3. The maximum absolute atomic E-state index is 6.29. The SMILES string of the molecule is CCCCCCCCCCCCCCO[Si](C)(C)CCCCCCCC. The van der Waals surface area contributed by atoms with E-state index in [0.717, 1.165) is 6.61 Å². The van der Waals surface area contributed by atoms with E-state index in [-0.39, 0.29) is 0 Å². The van der Waals surface area contributed by atoms with E-state index in [9.17, 15) is 0 Å². The predicted octanol–water partition coefficient (Wildman–Crippen LogP) is 9.27. The van der Waals surface area contributed by atoms with E-state index >= 15 is 0 Å². The minimum absolute atomic E-state index is 1.02. The lowest BCUT2D eigenvalue weighted by Gasteiger charge is -2.22. The molecule has 0 aliphatic rings. The zero-order valence-corrected chi connectivity index (χ0v) is 20.1. The average molecular weight is 385 g/mol. The normalized spacial score (nSPS) is 12.0. The van der Waals surface area contributed by atoms with Crippen LogP contribution in [0.5, 0.6) is 0 Å². The predicted molar refractivity (Wildman–Crippen MR) is 123 cm³/mol. The zero-order valence-electron chi connectivity index (χ0n) is 19.1. The molecule has 0 heterocycles. The maximum Gasteiger partial charge on any atom is 0.186 e. The summed E-state index contributed by atoms with van der Waals surface area (Å²) in [4.78, 5) is 0. The summed E-state index contributed by atoms with van der Waals surface area (Å²) in [6.07, 6.45) is 25.5. The molecule has 0 rings (SSSR count). The van der Waals surface area contributed by atoms with Gasteiger partial charge in [-0.25, -0.2) is 0 Å². The first kappa shape index (κ1) is 26.2. The molecule has 0 aliphatic heterocycles. The Bertz CT molecular complexity index is 265. The van der Waals surface area contributed by atoms with Crippen LogP contribution in [-0.2, 0) is 4.43 Å². The quantitative estimate of drug-likeness (QED) is 0.141. The number of unbranched alkanes of at least 4 members (excludes halogenated alkanes) is 16. The van der Waals surface area contributed by atoms with E-state index < -0.39 is 8.32 Å². The van der Waals surface area contributed by atoms with E-state index in [4.69, 9.17) is 4.43 Å². The highest BCUT2D eigenvalue weighted by atomic mass is 28.4. The van der Waals surface area contributed by atoms with Crippen LogP contribution in [0.1, 0.15) is 129 Å². The molecule has 0 N–H and O–H groups in total. The van der Waals surface area contributed by atoms with Crippen LogP contribution < -0.4 is 0 Å². The Morgan fingerprint density at radius 2 is 0.808 bits per heavy atom. The highest BCUT2D eigenvalue weighted by Gasteiger charge is 2.21.